The van der Waals surface area contributed by atoms with E-state index in [9.17, 15) is 0 Å². The van der Waals surface area contributed by atoms with Crippen molar-refractivity contribution in [2.45, 2.75) is 32.3 Å². The van der Waals surface area contributed by atoms with Crippen LogP contribution in [0.3, 0.4) is 0 Å². The first-order valence-corrected chi connectivity index (χ1v) is 10.2. The average molecular weight is 284 g/mol. The molecular formula is C14H24O4Si. The third-order valence-electron chi connectivity index (χ3n) is 2.70. The van der Waals surface area contributed by atoms with Gasteiger partial charge in [0, 0.05) is 14.7 Å². The van der Waals surface area contributed by atoms with Crippen LogP contribution in [0.1, 0.15) is 5.56 Å². The van der Waals surface area contributed by atoms with E-state index in [1.165, 1.54) is 0 Å². The number of aliphatic hydroxyl groups excluding tert-OH is 1. The van der Waals surface area contributed by atoms with Gasteiger partial charge in [0.15, 0.2) is 18.3 Å². The summed E-state index contributed by atoms with van der Waals surface area (Å²) >= 11 is 0. The summed E-state index contributed by atoms with van der Waals surface area (Å²) in [5.41, 5.74) is 0.795. The maximum atomic E-state index is 9.05. The molecule has 1 N–H and O–H groups in total. The van der Waals surface area contributed by atoms with E-state index in [0.717, 1.165) is 18.2 Å². The lowest BCUT2D eigenvalue weighted by Gasteiger charge is -2.16. The predicted octanol–water partition coefficient (Wildman–Crippen LogP) is 2.88. The number of methoxy groups -OCH3 is 1. The lowest BCUT2D eigenvalue weighted by molar-refractivity contribution is 0.0205. The zero-order valence-corrected chi connectivity index (χ0v) is 13.2. The Morgan fingerprint density at radius 1 is 1.16 bits per heavy atom. The zero-order valence-electron chi connectivity index (χ0n) is 12.2. The Hall–Kier alpha value is -1.04. The van der Waals surface area contributed by atoms with Crippen molar-refractivity contribution in [1.82, 2.24) is 0 Å². The fourth-order valence-corrected chi connectivity index (χ4v) is 2.23. The van der Waals surface area contributed by atoms with Crippen LogP contribution in [0.4, 0.5) is 0 Å². The molecule has 0 spiro atoms. The molecular weight excluding hydrogens is 260 g/mol. The topological polar surface area (TPSA) is 47.9 Å². The summed E-state index contributed by atoms with van der Waals surface area (Å²) in [4.78, 5) is 0. The quantitative estimate of drug-likeness (QED) is 0.453. The number of rotatable bonds is 8. The highest BCUT2D eigenvalue weighted by molar-refractivity contribution is 6.76. The monoisotopic (exact) mass is 284 g/mol. The van der Waals surface area contributed by atoms with Gasteiger partial charge in [0.25, 0.3) is 0 Å². The number of benzene rings is 1. The van der Waals surface area contributed by atoms with Gasteiger partial charge in [-0.1, -0.05) is 25.7 Å². The van der Waals surface area contributed by atoms with Crippen LogP contribution in [0.2, 0.25) is 25.7 Å². The Labute approximate surface area is 116 Å². The van der Waals surface area contributed by atoms with Crippen LogP contribution in [0, 0.1) is 0 Å². The van der Waals surface area contributed by atoms with E-state index in [4.69, 9.17) is 19.3 Å². The molecule has 0 bridgehead atoms. The van der Waals surface area contributed by atoms with Gasteiger partial charge in [0.1, 0.15) is 0 Å². The molecule has 0 aliphatic heterocycles. The van der Waals surface area contributed by atoms with Crippen molar-refractivity contribution in [3.63, 3.8) is 0 Å². The molecule has 0 fully saturated rings. The van der Waals surface area contributed by atoms with Gasteiger partial charge >= 0.3 is 0 Å². The Bertz CT molecular complexity index is 388. The van der Waals surface area contributed by atoms with Crippen LogP contribution in [-0.2, 0) is 11.3 Å². The second-order valence-corrected chi connectivity index (χ2v) is 11.2. The van der Waals surface area contributed by atoms with Gasteiger partial charge < -0.3 is 19.3 Å². The molecule has 1 aromatic rings. The molecule has 0 radical (unpaired) electrons. The zero-order chi connectivity index (χ0) is 14.3. The molecule has 0 atom stereocenters. The van der Waals surface area contributed by atoms with E-state index < -0.39 is 8.07 Å². The highest BCUT2D eigenvalue weighted by atomic mass is 28.3. The summed E-state index contributed by atoms with van der Waals surface area (Å²) in [6, 6.07) is 6.47. The number of hydrogen-bond acceptors (Lipinski definition) is 4. The van der Waals surface area contributed by atoms with Crippen molar-refractivity contribution in [2.75, 3.05) is 20.5 Å². The van der Waals surface area contributed by atoms with E-state index >= 15 is 0 Å². The van der Waals surface area contributed by atoms with E-state index in [1.54, 1.807) is 25.3 Å². The molecule has 4 nitrogen and oxygen atoms in total. The highest BCUT2D eigenvalue weighted by Crippen LogP contribution is 2.28. The van der Waals surface area contributed by atoms with Crippen LogP contribution in [0.15, 0.2) is 18.2 Å². The van der Waals surface area contributed by atoms with Crippen LogP contribution in [-0.4, -0.2) is 33.7 Å². The van der Waals surface area contributed by atoms with Gasteiger partial charge in [-0.2, -0.15) is 0 Å². The number of aliphatic hydroxyl groups is 1. The van der Waals surface area contributed by atoms with E-state index in [2.05, 4.69) is 19.6 Å². The Morgan fingerprint density at radius 2 is 1.89 bits per heavy atom. The van der Waals surface area contributed by atoms with Crippen LogP contribution in [0.5, 0.6) is 11.5 Å². The summed E-state index contributed by atoms with van der Waals surface area (Å²) in [6.45, 7) is 7.88. The maximum Gasteiger partial charge on any atom is 0.189 e. The summed E-state index contributed by atoms with van der Waals surface area (Å²) < 4.78 is 16.2. The second-order valence-electron chi connectivity index (χ2n) is 5.62. The second kappa shape index (κ2) is 7.52. The minimum Gasteiger partial charge on any atom is -0.493 e. The third-order valence-corrected chi connectivity index (χ3v) is 4.41. The van der Waals surface area contributed by atoms with Gasteiger partial charge in [-0.05, 0) is 23.7 Å². The minimum atomic E-state index is -1.05. The molecule has 0 aliphatic rings. The van der Waals surface area contributed by atoms with Gasteiger partial charge in [0.05, 0.1) is 13.7 Å². The number of ether oxygens (including phenoxy) is 3. The molecule has 1 rings (SSSR count). The largest absolute Gasteiger partial charge is 0.493 e. The molecule has 0 aromatic heterocycles. The van der Waals surface area contributed by atoms with Gasteiger partial charge in [0.2, 0.25) is 0 Å². The predicted molar refractivity (Wildman–Crippen MR) is 78.5 cm³/mol. The smallest absolute Gasteiger partial charge is 0.189 e. The molecule has 0 saturated heterocycles. The standard InChI is InChI=1S/C14H24O4Si/c1-16-14-9-12(10-15)5-6-13(14)18-11-17-7-8-19(2,3)4/h5-6,9,15H,7-8,10-11H2,1-4H3. The Balaban J connectivity index is 2.41. The van der Waals surface area contributed by atoms with Crippen molar-refractivity contribution in [2.24, 2.45) is 0 Å². The average Bonchev–Trinajstić information content (AvgIpc) is 2.37. The first kappa shape index (κ1) is 16.0. The third kappa shape index (κ3) is 6.09. The molecule has 0 heterocycles. The minimum absolute atomic E-state index is 0.0106. The van der Waals surface area contributed by atoms with Crippen molar-refractivity contribution in [3.05, 3.63) is 23.8 Å². The molecule has 108 valence electrons. The lowest BCUT2D eigenvalue weighted by atomic mass is 10.2. The van der Waals surface area contributed by atoms with E-state index in [0.29, 0.717) is 11.5 Å². The SMILES string of the molecule is COc1cc(CO)ccc1OCOCC[Si](C)(C)C. The summed E-state index contributed by atoms with van der Waals surface area (Å²) in [5.74, 6) is 1.24. The number of hydrogen-bond donors (Lipinski definition) is 1. The molecule has 5 heteroatoms. The van der Waals surface area contributed by atoms with Crippen molar-refractivity contribution in [1.29, 1.82) is 0 Å². The van der Waals surface area contributed by atoms with Crippen LogP contribution >= 0.6 is 0 Å². The van der Waals surface area contributed by atoms with Gasteiger partial charge in [-0.3, -0.25) is 0 Å². The lowest BCUT2D eigenvalue weighted by Crippen LogP contribution is -2.22. The van der Waals surface area contributed by atoms with Gasteiger partial charge in [-0.15, -0.1) is 0 Å². The Kier molecular flexibility index (Phi) is 6.34. The fraction of sp³-hybridized carbons (Fsp3) is 0.571. The maximum absolute atomic E-state index is 9.05. The first-order chi connectivity index (χ1) is 8.96. The van der Waals surface area contributed by atoms with Crippen molar-refractivity contribution in [3.8, 4) is 11.5 Å². The van der Waals surface area contributed by atoms with E-state index in [-0.39, 0.29) is 13.4 Å². The first-order valence-electron chi connectivity index (χ1n) is 6.44. The van der Waals surface area contributed by atoms with E-state index in [1.807, 2.05) is 0 Å². The molecule has 19 heavy (non-hydrogen) atoms. The summed E-state index contributed by atoms with van der Waals surface area (Å²) in [5, 5.41) is 9.05. The van der Waals surface area contributed by atoms with Crippen LogP contribution in [0.25, 0.3) is 0 Å². The summed E-state index contributed by atoms with van der Waals surface area (Å²) in [7, 11) is 0.529. The fourth-order valence-electron chi connectivity index (χ4n) is 1.47. The molecule has 0 saturated carbocycles. The van der Waals surface area contributed by atoms with Crippen molar-refractivity contribution >= 4 is 8.07 Å². The summed E-state index contributed by atoms with van der Waals surface area (Å²) in [6.07, 6.45) is 0. The van der Waals surface area contributed by atoms with Crippen molar-refractivity contribution < 1.29 is 19.3 Å². The molecule has 0 amide bonds. The highest BCUT2D eigenvalue weighted by Gasteiger charge is 2.12. The molecule has 1 aromatic carbocycles. The van der Waals surface area contributed by atoms with Crippen LogP contribution < -0.4 is 9.47 Å². The normalized spacial score (nSPS) is 11.4. The Morgan fingerprint density at radius 3 is 2.47 bits per heavy atom. The molecule has 0 aliphatic carbocycles. The van der Waals surface area contributed by atoms with Gasteiger partial charge in [-0.25, -0.2) is 0 Å². The molecule has 0 unspecified atom stereocenters.